The molecule has 0 atom stereocenters. The van der Waals surface area contributed by atoms with Crippen molar-refractivity contribution >= 4 is 60.9 Å². The molecule has 0 saturated heterocycles. The van der Waals surface area contributed by atoms with Crippen LogP contribution in [-0.2, 0) is 0 Å². The predicted molar refractivity (Wildman–Crippen MR) is 116 cm³/mol. The zero-order chi connectivity index (χ0) is 18.0. The Morgan fingerprint density at radius 2 is 1.88 bits per heavy atom. The van der Waals surface area contributed by atoms with E-state index in [2.05, 4.69) is 20.8 Å². The van der Waals surface area contributed by atoms with Crippen molar-refractivity contribution in [2.45, 2.75) is 6.92 Å². The third kappa shape index (κ3) is 4.62. The second-order valence-corrected chi connectivity index (χ2v) is 8.11. The molecule has 0 spiro atoms. The number of carbonyl (C=O) groups is 1. The number of hydrogen-bond acceptors (Lipinski definition) is 4. The van der Waals surface area contributed by atoms with Crippen LogP contribution < -0.4 is 4.90 Å². The van der Waals surface area contributed by atoms with Crippen LogP contribution in [0.5, 0.6) is 0 Å². The molecule has 0 saturated carbocycles. The third-order valence-electron chi connectivity index (χ3n) is 3.96. The predicted octanol–water partition coefficient (Wildman–Crippen LogP) is 5.00. The molecule has 1 heterocycles. The lowest BCUT2D eigenvalue weighted by Crippen LogP contribution is -2.37. The fourth-order valence-corrected chi connectivity index (χ4v) is 4.09. The molecule has 7 heteroatoms. The van der Waals surface area contributed by atoms with Gasteiger partial charge in [0, 0.05) is 23.1 Å². The Morgan fingerprint density at radius 1 is 1.15 bits per heavy atom. The van der Waals surface area contributed by atoms with Gasteiger partial charge in [0.05, 0.1) is 10.2 Å². The number of aromatic nitrogens is 1. The highest BCUT2D eigenvalue weighted by molar-refractivity contribution is 9.10. The quantitative estimate of drug-likeness (QED) is 0.544. The number of halogens is 2. The summed E-state index contributed by atoms with van der Waals surface area (Å²) in [5, 5.41) is 0.739. The molecule has 26 heavy (non-hydrogen) atoms. The Labute approximate surface area is 172 Å². The van der Waals surface area contributed by atoms with Crippen molar-refractivity contribution in [2.75, 3.05) is 32.1 Å². The summed E-state index contributed by atoms with van der Waals surface area (Å²) in [5.41, 5.74) is 2.61. The first-order valence-corrected chi connectivity index (χ1v) is 9.65. The number of carbonyl (C=O) groups excluding carboxylic acids is 1. The van der Waals surface area contributed by atoms with Crippen molar-refractivity contribution in [2.24, 2.45) is 0 Å². The molecule has 0 aliphatic heterocycles. The summed E-state index contributed by atoms with van der Waals surface area (Å²) in [7, 11) is 4.01. The van der Waals surface area contributed by atoms with E-state index in [1.165, 1.54) is 0 Å². The molecule has 3 aromatic rings. The highest BCUT2D eigenvalue weighted by Gasteiger charge is 2.22. The van der Waals surface area contributed by atoms with Crippen molar-refractivity contribution in [3.05, 3.63) is 58.1 Å². The van der Waals surface area contributed by atoms with Gasteiger partial charge < -0.3 is 4.90 Å². The topological polar surface area (TPSA) is 36.4 Å². The minimum absolute atomic E-state index is 0. The fourth-order valence-electron chi connectivity index (χ4n) is 2.54. The van der Waals surface area contributed by atoms with E-state index in [1.807, 2.05) is 63.5 Å². The number of nitrogens with zero attached hydrogens (tertiary/aromatic N) is 3. The average Bonchev–Trinajstić information content (AvgIpc) is 2.97. The number of anilines is 1. The smallest absolute Gasteiger partial charge is 0.260 e. The van der Waals surface area contributed by atoms with E-state index >= 15 is 0 Å². The summed E-state index contributed by atoms with van der Waals surface area (Å²) in [6, 6.07) is 13.7. The highest BCUT2D eigenvalue weighted by atomic mass is 79.9. The Hall–Kier alpha value is -1.47. The van der Waals surface area contributed by atoms with E-state index in [9.17, 15) is 4.79 Å². The van der Waals surface area contributed by atoms with Gasteiger partial charge in [0.25, 0.3) is 5.91 Å². The zero-order valence-electron chi connectivity index (χ0n) is 14.9. The number of rotatable bonds is 5. The third-order valence-corrected chi connectivity index (χ3v) is 5.50. The summed E-state index contributed by atoms with van der Waals surface area (Å²) < 4.78 is 2.08. The molecule has 0 unspecified atom stereocenters. The van der Waals surface area contributed by atoms with Crippen molar-refractivity contribution < 1.29 is 4.79 Å². The number of likely N-dealkylation sites (N-methyl/N-ethyl adjacent to an activating group) is 1. The van der Waals surface area contributed by atoms with E-state index < -0.39 is 0 Å². The van der Waals surface area contributed by atoms with Gasteiger partial charge in [0.2, 0.25) is 0 Å². The Balaban J connectivity index is 0.00000243. The summed E-state index contributed by atoms with van der Waals surface area (Å²) in [6.07, 6.45) is 0. The number of hydrogen-bond donors (Lipinski definition) is 0. The second-order valence-electron chi connectivity index (χ2n) is 6.18. The molecule has 3 rings (SSSR count). The van der Waals surface area contributed by atoms with E-state index in [0.717, 1.165) is 37.5 Å². The molecule has 0 radical (unpaired) electrons. The number of aryl methyl sites for hydroxylation is 1. The normalized spacial score (nSPS) is 10.8. The van der Waals surface area contributed by atoms with Gasteiger partial charge in [-0.05, 0) is 50.8 Å². The molecule has 0 fully saturated rings. The molecule has 0 bridgehead atoms. The van der Waals surface area contributed by atoms with Gasteiger partial charge in [-0.1, -0.05) is 45.5 Å². The lowest BCUT2D eigenvalue weighted by Gasteiger charge is -2.22. The van der Waals surface area contributed by atoms with E-state index in [1.54, 1.807) is 16.2 Å². The number of fused-ring (bicyclic) bond motifs is 1. The molecule has 1 amide bonds. The first kappa shape index (κ1) is 20.8. The van der Waals surface area contributed by atoms with Crippen LogP contribution in [0.1, 0.15) is 15.9 Å². The first-order valence-electron chi connectivity index (χ1n) is 8.04. The Morgan fingerprint density at radius 3 is 2.58 bits per heavy atom. The van der Waals surface area contributed by atoms with Crippen molar-refractivity contribution in [1.82, 2.24) is 9.88 Å². The lowest BCUT2D eigenvalue weighted by atomic mass is 10.1. The summed E-state index contributed by atoms with van der Waals surface area (Å²) in [6.45, 7) is 3.34. The van der Waals surface area contributed by atoms with Crippen LogP contribution in [0.3, 0.4) is 0 Å². The maximum atomic E-state index is 13.2. The van der Waals surface area contributed by atoms with Crippen molar-refractivity contribution in [3.8, 4) is 0 Å². The summed E-state index contributed by atoms with van der Waals surface area (Å²) in [4.78, 5) is 21.7. The van der Waals surface area contributed by atoms with Crippen LogP contribution in [0.15, 0.2) is 46.9 Å². The number of amides is 1. The molecule has 0 aliphatic carbocycles. The minimum atomic E-state index is -0.00179. The van der Waals surface area contributed by atoms with Crippen LogP contribution in [0.25, 0.3) is 10.2 Å². The van der Waals surface area contributed by atoms with Crippen LogP contribution in [0.2, 0.25) is 0 Å². The van der Waals surface area contributed by atoms with Gasteiger partial charge >= 0.3 is 0 Å². The lowest BCUT2D eigenvalue weighted by molar-refractivity contribution is 0.0984. The monoisotopic (exact) mass is 453 g/mol. The fraction of sp³-hybridized carbons (Fsp3) is 0.263. The van der Waals surface area contributed by atoms with Gasteiger partial charge in [0.15, 0.2) is 5.13 Å². The Kier molecular flexibility index (Phi) is 7.17. The van der Waals surface area contributed by atoms with Gasteiger partial charge in [-0.15, -0.1) is 12.4 Å². The van der Waals surface area contributed by atoms with E-state index in [0.29, 0.717) is 6.54 Å². The molecule has 4 nitrogen and oxygen atoms in total. The standard InChI is InChI=1S/C19H20BrN3OS.ClH/c1-13-6-4-5-7-15(13)18(24)23(11-10-22(2)3)19-21-16-9-8-14(20)12-17(16)25-19;/h4-9,12H,10-11H2,1-3H3;1H. The zero-order valence-corrected chi connectivity index (χ0v) is 18.1. The van der Waals surface area contributed by atoms with Gasteiger partial charge in [-0.25, -0.2) is 4.98 Å². The van der Waals surface area contributed by atoms with Crippen LogP contribution in [0, 0.1) is 6.92 Å². The molecule has 2 aromatic carbocycles. The maximum absolute atomic E-state index is 13.2. The highest BCUT2D eigenvalue weighted by Crippen LogP contribution is 2.31. The van der Waals surface area contributed by atoms with Crippen molar-refractivity contribution in [1.29, 1.82) is 0 Å². The molecule has 138 valence electrons. The summed E-state index contributed by atoms with van der Waals surface area (Å²) in [5.74, 6) is -0.00179. The molecular formula is C19H21BrClN3OS. The second kappa shape index (κ2) is 8.95. The van der Waals surface area contributed by atoms with Crippen LogP contribution in [-0.4, -0.2) is 43.0 Å². The van der Waals surface area contributed by atoms with Gasteiger partial charge in [-0.2, -0.15) is 0 Å². The number of thiazole rings is 1. The van der Waals surface area contributed by atoms with Gasteiger partial charge in [-0.3, -0.25) is 9.69 Å². The maximum Gasteiger partial charge on any atom is 0.260 e. The molecule has 1 aromatic heterocycles. The molecule has 0 aliphatic rings. The molecule has 0 N–H and O–H groups in total. The summed E-state index contributed by atoms with van der Waals surface area (Å²) >= 11 is 5.04. The average molecular weight is 455 g/mol. The number of benzene rings is 2. The minimum Gasteiger partial charge on any atom is -0.308 e. The molecular weight excluding hydrogens is 434 g/mol. The van der Waals surface area contributed by atoms with E-state index in [4.69, 9.17) is 4.98 Å². The van der Waals surface area contributed by atoms with E-state index in [-0.39, 0.29) is 18.3 Å². The largest absolute Gasteiger partial charge is 0.308 e. The first-order chi connectivity index (χ1) is 12.0. The van der Waals surface area contributed by atoms with Crippen LogP contribution >= 0.6 is 39.7 Å². The Bertz CT molecular complexity index is 913. The SMILES string of the molecule is Cc1ccccc1C(=O)N(CCN(C)C)c1nc2ccc(Br)cc2s1.Cl. The van der Waals surface area contributed by atoms with Crippen LogP contribution in [0.4, 0.5) is 5.13 Å². The van der Waals surface area contributed by atoms with Crippen molar-refractivity contribution in [3.63, 3.8) is 0 Å². The van der Waals surface area contributed by atoms with Gasteiger partial charge in [0.1, 0.15) is 0 Å².